The first-order valence-electron chi connectivity index (χ1n) is 9.34. The van der Waals surface area contributed by atoms with E-state index in [1.165, 1.54) is 22.7 Å². The lowest BCUT2D eigenvalue weighted by Gasteiger charge is -2.12. The molecule has 4 rings (SSSR count). The molecule has 0 spiro atoms. The molecule has 2 aromatic carbocycles. The molecule has 32 heavy (non-hydrogen) atoms. The monoisotopic (exact) mass is 492 g/mol. The van der Waals surface area contributed by atoms with Gasteiger partial charge in [0.1, 0.15) is 5.01 Å². The maximum atomic E-state index is 13.5. The molecule has 168 valence electrons. The summed E-state index contributed by atoms with van der Waals surface area (Å²) in [4.78, 5) is 4.51. The van der Waals surface area contributed by atoms with E-state index in [-0.39, 0.29) is 24.1 Å². The Morgan fingerprint density at radius 2 is 1.94 bits per heavy atom. The summed E-state index contributed by atoms with van der Waals surface area (Å²) in [6, 6.07) is 14.0. The highest BCUT2D eigenvalue weighted by atomic mass is 32.2. The van der Waals surface area contributed by atoms with Gasteiger partial charge in [0.05, 0.1) is 22.5 Å². The molecular formula is C19H20N6O4S3. The quantitative estimate of drug-likeness (QED) is 0.353. The summed E-state index contributed by atoms with van der Waals surface area (Å²) in [5.41, 5.74) is 7.66. The number of benzene rings is 2. The minimum Gasteiger partial charge on any atom is -0.422 e. The van der Waals surface area contributed by atoms with Crippen LogP contribution < -0.4 is 10.9 Å². The molecule has 0 saturated carbocycles. The summed E-state index contributed by atoms with van der Waals surface area (Å²) in [7, 11) is -2.33. The first-order chi connectivity index (χ1) is 15.2. The van der Waals surface area contributed by atoms with Crippen LogP contribution in [-0.2, 0) is 33.3 Å². The summed E-state index contributed by atoms with van der Waals surface area (Å²) in [5, 5.41) is 12.3. The largest absolute Gasteiger partial charge is 0.422 e. The first kappa shape index (κ1) is 22.5. The van der Waals surface area contributed by atoms with Crippen molar-refractivity contribution in [2.45, 2.75) is 17.5 Å². The minimum absolute atomic E-state index is 0.00204. The number of aromatic nitrogens is 3. The van der Waals surface area contributed by atoms with Crippen LogP contribution in [0.4, 0.5) is 5.69 Å². The number of hydrogen-bond acceptors (Lipinski definition) is 9. The van der Waals surface area contributed by atoms with Crippen LogP contribution in [-0.4, -0.2) is 39.2 Å². The van der Waals surface area contributed by atoms with Gasteiger partial charge in [0.15, 0.2) is 26.3 Å². The second kappa shape index (κ2) is 9.03. The Bertz CT molecular complexity index is 1370. The number of fused-ring (bicyclic) bond motifs is 1. The molecule has 13 heteroatoms. The van der Waals surface area contributed by atoms with Crippen molar-refractivity contribution in [1.29, 1.82) is 0 Å². The molecule has 2 aromatic heterocycles. The molecule has 4 N–H and O–H groups in total. The van der Waals surface area contributed by atoms with E-state index in [2.05, 4.69) is 15.2 Å². The smallest absolute Gasteiger partial charge is 0.241 e. The van der Waals surface area contributed by atoms with Crippen LogP contribution >= 0.6 is 11.3 Å². The SMILES string of the molecule is CN(Cc1nnc(C(c2nc3ccc(N)cc3s2)S(=O)(=O)Cc2ccccc2)o1)S(N)=O. The number of hydrogen-bond donors (Lipinski definition) is 2. The maximum absolute atomic E-state index is 13.5. The predicted molar refractivity (Wildman–Crippen MR) is 123 cm³/mol. The zero-order valence-electron chi connectivity index (χ0n) is 16.9. The van der Waals surface area contributed by atoms with Gasteiger partial charge in [-0.3, -0.25) is 0 Å². The van der Waals surface area contributed by atoms with E-state index < -0.39 is 26.3 Å². The molecule has 0 fully saturated rings. The maximum Gasteiger partial charge on any atom is 0.241 e. The van der Waals surface area contributed by atoms with E-state index in [9.17, 15) is 12.6 Å². The van der Waals surface area contributed by atoms with Gasteiger partial charge in [-0.25, -0.2) is 27.1 Å². The second-order valence-electron chi connectivity index (χ2n) is 7.05. The fourth-order valence-corrected chi connectivity index (χ4v) is 6.46. The van der Waals surface area contributed by atoms with Crippen molar-refractivity contribution in [1.82, 2.24) is 19.5 Å². The predicted octanol–water partition coefficient (Wildman–Crippen LogP) is 1.94. The fraction of sp³-hybridized carbons (Fsp3) is 0.211. The van der Waals surface area contributed by atoms with Crippen molar-refractivity contribution in [3.63, 3.8) is 0 Å². The van der Waals surface area contributed by atoms with E-state index in [4.69, 9.17) is 15.3 Å². The number of anilines is 1. The molecule has 2 heterocycles. The van der Waals surface area contributed by atoms with Crippen molar-refractivity contribution in [3.8, 4) is 0 Å². The van der Waals surface area contributed by atoms with Crippen LogP contribution in [0.25, 0.3) is 10.2 Å². The Kier molecular flexibility index (Phi) is 6.35. The number of nitrogen functional groups attached to an aromatic ring is 1. The summed E-state index contributed by atoms with van der Waals surface area (Å²) < 4.78 is 46.2. The number of nitrogens with zero attached hydrogens (tertiary/aromatic N) is 4. The third-order valence-corrected chi connectivity index (χ3v) is 8.45. The average molecular weight is 493 g/mol. The summed E-state index contributed by atoms with van der Waals surface area (Å²) >= 11 is -0.537. The van der Waals surface area contributed by atoms with Gasteiger partial charge in [0.25, 0.3) is 0 Å². The van der Waals surface area contributed by atoms with Crippen molar-refractivity contribution in [2.24, 2.45) is 5.14 Å². The second-order valence-corrected chi connectivity index (χ2v) is 11.4. The van der Waals surface area contributed by atoms with Gasteiger partial charge in [-0.1, -0.05) is 30.3 Å². The summed E-state index contributed by atoms with van der Waals surface area (Å²) in [5.74, 6) is -0.258. The summed E-state index contributed by atoms with van der Waals surface area (Å²) in [6.07, 6.45) is 0. The third kappa shape index (κ3) is 4.86. The summed E-state index contributed by atoms with van der Waals surface area (Å²) in [6.45, 7) is -0.00204. The van der Waals surface area contributed by atoms with Crippen molar-refractivity contribution in [3.05, 3.63) is 70.9 Å². The van der Waals surface area contributed by atoms with Crippen LogP contribution in [0.5, 0.6) is 0 Å². The fourth-order valence-electron chi connectivity index (χ4n) is 3.06. The number of sulfone groups is 1. The van der Waals surface area contributed by atoms with E-state index in [1.807, 2.05) is 6.07 Å². The standard InChI is InChI=1S/C19H20N6O4S3/c1-25(31(21)26)10-16-23-24-18(29-16)17(32(27,28)11-12-5-3-2-4-6-12)19-22-14-8-7-13(20)9-15(14)30-19/h2-9,17H,10-11,20-21H2,1H3. The Morgan fingerprint density at radius 3 is 2.66 bits per heavy atom. The topological polar surface area (TPSA) is 158 Å². The molecule has 10 nitrogen and oxygen atoms in total. The molecule has 0 bridgehead atoms. The lowest BCUT2D eigenvalue weighted by Crippen LogP contribution is -2.26. The Morgan fingerprint density at radius 1 is 1.19 bits per heavy atom. The van der Waals surface area contributed by atoms with Gasteiger partial charge >= 0.3 is 0 Å². The third-order valence-electron chi connectivity index (χ3n) is 4.59. The number of thiazole rings is 1. The van der Waals surface area contributed by atoms with Crippen molar-refractivity contribution >= 4 is 48.2 Å². The average Bonchev–Trinajstić information content (AvgIpc) is 3.34. The Hall–Kier alpha value is -2.71. The molecule has 0 aliphatic heterocycles. The molecular weight excluding hydrogens is 472 g/mol. The van der Waals surface area contributed by atoms with Crippen molar-refractivity contribution < 1.29 is 17.0 Å². The molecule has 2 atom stereocenters. The molecule has 0 amide bonds. The normalized spacial score (nSPS) is 14.1. The van der Waals surface area contributed by atoms with E-state index >= 15 is 0 Å². The highest BCUT2D eigenvalue weighted by Gasteiger charge is 2.37. The molecule has 0 aliphatic rings. The zero-order chi connectivity index (χ0) is 22.9. The van der Waals surface area contributed by atoms with Gasteiger partial charge in [-0.2, -0.15) is 0 Å². The van der Waals surface area contributed by atoms with Gasteiger partial charge < -0.3 is 10.2 Å². The van der Waals surface area contributed by atoms with Crippen LogP contribution in [0.1, 0.15) is 27.6 Å². The molecule has 2 unspecified atom stereocenters. The lowest BCUT2D eigenvalue weighted by atomic mass is 10.2. The molecule has 0 saturated heterocycles. The van der Waals surface area contributed by atoms with Gasteiger partial charge in [0, 0.05) is 12.7 Å². The minimum atomic E-state index is -3.85. The molecule has 0 aliphatic carbocycles. The molecule has 0 radical (unpaired) electrons. The highest BCUT2D eigenvalue weighted by Crippen LogP contribution is 2.37. The van der Waals surface area contributed by atoms with Gasteiger partial charge in [-0.15, -0.1) is 21.5 Å². The Balaban J connectivity index is 1.77. The number of rotatable bonds is 8. The first-order valence-corrected chi connectivity index (χ1v) is 13.0. The Labute approximate surface area is 190 Å². The van der Waals surface area contributed by atoms with Crippen LogP contribution in [0, 0.1) is 0 Å². The van der Waals surface area contributed by atoms with Crippen LogP contribution in [0.15, 0.2) is 52.9 Å². The van der Waals surface area contributed by atoms with E-state index in [0.29, 0.717) is 21.8 Å². The highest BCUT2D eigenvalue weighted by molar-refractivity contribution is 7.91. The van der Waals surface area contributed by atoms with Gasteiger partial charge in [0.2, 0.25) is 11.8 Å². The van der Waals surface area contributed by atoms with E-state index in [1.54, 1.807) is 42.5 Å². The zero-order valence-corrected chi connectivity index (χ0v) is 19.4. The molecule has 4 aromatic rings. The van der Waals surface area contributed by atoms with Crippen LogP contribution in [0.2, 0.25) is 0 Å². The van der Waals surface area contributed by atoms with Gasteiger partial charge in [-0.05, 0) is 23.8 Å². The number of nitrogens with two attached hydrogens (primary N) is 2. The lowest BCUT2D eigenvalue weighted by molar-refractivity contribution is 0.393. The van der Waals surface area contributed by atoms with E-state index in [0.717, 1.165) is 4.70 Å². The van der Waals surface area contributed by atoms with Crippen molar-refractivity contribution in [2.75, 3.05) is 12.8 Å². The van der Waals surface area contributed by atoms with Crippen LogP contribution in [0.3, 0.4) is 0 Å².